The Morgan fingerprint density at radius 2 is 1.38 bits per heavy atom. The van der Waals surface area contributed by atoms with Gasteiger partial charge in [0.1, 0.15) is 0 Å². The first-order valence-corrected chi connectivity index (χ1v) is 6.52. The molecule has 1 aromatic rings. The molecule has 0 amide bonds. The maximum absolute atomic E-state index is 4.43. The highest BCUT2D eigenvalue weighted by molar-refractivity contribution is 7.99. The predicted octanol–water partition coefficient (Wildman–Crippen LogP) is 3.87. The molecule has 0 aliphatic rings. The summed E-state index contributed by atoms with van der Waals surface area (Å²) < 4.78 is 0. The van der Waals surface area contributed by atoms with Crippen LogP contribution in [0.25, 0.3) is 0 Å². The molecular weight excluding hydrogens is 256 g/mol. The lowest BCUT2D eigenvalue weighted by molar-refractivity contribution is 0.934. The van der Waals surface area contributed by atoms with Gasteiger partial charge in [0.15, 0.2) is 0 Å². The van der Waals surface area contributed by atoms with E-state index in [9.17, 15) is 0 Å². The Hall–Kier alpha value is 0.970. The van der Waals surface area contributed by atoms with Gasteiger partial charge in [-0.15, -0.1) is 62.3 Å². The summed E-state index contributed by atoms with van der Waals surface area (Å²) in [7, 11) is 0. The van der Waals surface area contributed by atoms with Crippen molar-refractivity contribution in [3.63, 3.8) is 0 Å². The van der Waals surface area contributed by atoms with E-state index < -0.39 is 0 Å². The molecule has 0 saturated heterocycles. The van der Waals surface area contributed by atoms with Crippen molar-refractivity contribution in [3.8, 4) is 0 Å². The monoisotopic (exact) mass is 266 g/mol. The highest BCUT2D eigenvalue weighted by Gasteiger charge is 2.13. The van der Waals surface area contributed by atoms with E-state index in [1.807, 2.05) is 13.2 Å². The van der Waals surface area contributed by atoms with Crippen molar-refractivity contribution in [1.29, 1.82) is 0 Å². The molecule has 0 aliphatic carbocycles. The molecule has 0 radical (unpaired) electrons. The molecule has 0 atom stereocenters. The third kappa shape index (κ3) is 2.15. The summed E-state index contributed by atoms with van der Waals surface area (Å²) in [5, 5.41) is 0. The SMILES string of the molecule is CSc1c(S)c(C)c(S)c(S)c1S. The van der Waals surface area contributed by atoms with Crippen LogP contribution in [0.1, 0.15) is 5.56 Å². The maximum Gasteiger partial charge on any atom is 0.0351 e. The summed E-state index contributed by atoms with van der Waals surface area (Å²) in [5.41, 5.74) is 1.05. The highest BCUT2D eigenvalue weighted by Crippen LogP contribution is 2.41. The molecule has 0 fully saturated rings. The molecule has 0 aliphatic heterocycles. The zero-order chi connectivity index (χ0) is 10.2. The van der Waals surface area contributed by atoms with Crippen molar-refractivity contribution in [2.75, 3.05) is 6.26 Å². The van der Waals surface area contributed by atoms with Gasteiger partial charge in [0, 0.05) is 24.5 Å². The summed E-state index contributed by atoms with van der Waals surface area (Å²) in [5.74, 6) is 0. The summed E-state index contributed by atoms with van der Waals surface area (Å²) in [6.45, 7) is 1.98. The van der Waals surface area contributed by atoms with Crippen molar-refractivity contribution >= 4 is 62.3 Å². The zero-order valence-corrected chi connectivity index (χ0v) is 11.6. The summed E-state index contributed by atoms with van der Waals surface area (Å²) in [6, 6.07) is 0. The summed E-state index contributed by atoms with van der Waals surface area (Å²) in [6.07, 6.45) is 2.00. The molecule has 0 aromatic heterocycles. The molecule has 0 nitrogen and oxygen atoms in total. The number of hydrogen-bond donors (Lipinski definition) is 4. The lowest BCUT2D eigenvalue weighted by Gasteiger charge is -2.13. The van der Waals surface area contributed by atoms with Crippen LogP contribution in [0, 0.1) is 6.92 Å². The molecule has 0 N–H and O–H groups in total. The Bertz CT molecular complexity index is 316. The molecule has 1 rings (SSSR count). The third-order valence-electron chi connectivity index (χ3n) is 1.79. The molecule has 5 heteroatoms. The van der Waals surface area contributed by atoms with Crippen LogP contribution < -0.4 is 0 Å². The smallest absolute Gasteiger partial charge is 0.0351 e. The van der Waals surface area contributed by atoms with Crippen LogP contribution in [0.2, 0.25) is 0 Å². The average molecular weight is 267 g/mol. The van der Waals surface area contributed by atoms with Gasteiger partial charge in [0.2, 0.25) is 0 Å². The second-order valence-corrected chi connectivity index (χ2v) is 5.16. The lowest BCUT2D eigenvalue weighted by atomic mass is 10.2. The number of thiol groups is 4. The Kier molecular flexibility index (Phi) is 4.32. The fraction of sp³-hybridized carbons (Fsp3) is 0.250. The first kappa shape index (κ1) is 12.0. The van der Waals surface area contributed by atoms with E-state index in [4.69, 9.17) is 0 Å². The van der Waals surface area contributed by atoms with Crippen molar-refractivity contribution in [3.05, 3.63) is 5.56 Å². The van der Waals surface area contributed by atoms with Crippen LogP contribution in [0.3, 0.4) is 0 Å². The number of hydrogen-bond acceptors (Lipinski definition) is 5. The molecular formula is C8H10S5. The molecule has 72 valence electrons. The number of benzene rings is 1. The van der Waals surface area contributed by atoms with Crippen LogP contribution >= 0.6 is 62.3 Å². The molecule has 13 heavy (non-hydrogen) atoms. The quantitative estimate of drug-likeness (QED) is 0.442. The van der Waals surface area contributed by atoms with Crippen LogP contribution in [0.5, 0.6) is 0 Å². The normalized spacial score (nSPS) is 10.6. The van der Waals surface area contributed by atoms with Gasteiger partial charge in [-0.1, -0.05) is 0 Å². The highest BCUT2D eigenvalue weighted by atomic mass is 32.2. The Morgan fingerprint density at radius 1 is 0.846 bits per heavy atom. The minimum Gasteiger partial charge on any atom is -0.142 e. The first-order chi connectivity index (χ1) is 6.00. The van der Waals surface area contributed by atoms with Crippen molar-refractivity contribution in [2.45, 2.75) is 31.4 Å². The van der Waals surface area contributed by atoms with Gasteiger partial charge in [0.25, 0.3) is 0 Å². The fourth-order valence-corrected chi connectivity index (χ4v) is 3.47. The average Bonchev–Trinajstić information content (AvgIpc) is 2.13. The van der Waals surface area contributed by atoms with Gasteiger partial charge < -0.3 is 0 Å². The largest absolute Gasteiger partial charge is 0.142 e. The Morgan fingerprint density at radius 3 is 1.85 bits per heavy atom. The van der Waals surface area contributed by atoms with E-state index >= 15 is 0 Å². The van der Waals surface area contributed by atoms with Crippen LogP contribution in [0.15, 0.2) is 24.5 Å². The Balaban J connectivity index is 3.56. The Labute approximate surface area is 105 Å². The summed E-state index contributed by atoms with van der Waals surface area (Å²) in [4.78, 5) is 4.55. The molecule has 0 bridgehead atoms. The van der Waals surface area contributed by atoms with Gasteiger partial charge in [0.05, 0.1) is 0 Å². The molecule has 0 spiro atoms. The minimum absolute atomic E-state index is 0.825. The van der Waals surface area contributed by atoms with Crippen LogP contribution in [-0.2, 0) is 0 Å². The molecule has 0 unspecified atom stereocenters. The van der Waals surface area contributed by atoms with E-state index in [0.717, 1.165) is 30.0 Å². The van der Waals surface area contributed by atoms with Gasteiger partial charge in [-0.2, -0.15) is 0 Å². The second kappa shape index (κ2) is 4.66. The van der Waals surface area contributed by atoms with Crippen molar-refractivity contribution < 1.29 is 0 Å². The van der Waals surface area contributed by atoms with Crippen molar-refractivity contribution in [2.24, 2.45) is 0 Å². The molecule has 1 aromatic carbocycles. The summed E-state index contributed by atoms with van der Waals surface area (Å²) >= 11 is 19.1. The van der Waals surface area contributed by atoms with Crippen LogP contribution in [-0.4, -0.2) is 6.26 Å². The zero-order valence-electron chi connectivity index (χ0n) is 7.20. The topological polar surface area (TPSA) is 0 Å². The van der Waals surface area contributed by atoms with Gasteiger partial charge in [-0.25, -0.2) is 0 Å². The third-order valence-corrected chi connectivity index (χ3v) is 5.28. The van der Waals surface area contributed by atoms with Gasteiger partial charge in [-0.05, 0) is 18.7 Å². The van der Waals surface area contributed by atoms with Crippen LogP contribution in [0.4, 0.5) is 0 Å². The predicted molar refractivity (Wildman–Crippen MR) is 72.0 cm³/mol. The van der Waals surface area contributed by atoms with Gasteiger partial charge >= 0.3 is 0 Å². The molecule has 0 heterocycles. The fourth-order valence-electron chi connectivity index (χ4n) is 0.985. The lowest BCUT2D eigenvalue weighted by Crippen LogP contribution is -1.89. The van der Waals surface area contributed by atoms with E-state index in [1.165, 1.54) is 0 Å². The molecule has 0 saturated carbocycles. The first-order valence-electron chi connectivity index (χ1n) is 3.51. The van der Waals surface area contributed by atoms with E-state index in [0.29, 0.717) is 0 Å². The van der Waals surface area contributed by atoms with E-state index in [-0.39, 0.29) is 0 Å². The standard InChI is InChI=1S/C8H10S5/c1-3-4(9)6(11)7(12)8(13-2)5(3)10/h9-12H,1-2H3. The number of rotatable bonds is 1. The maximum atomic E-state index is 4.43. The van der Waals surface area contributed by atoms with Crippen molar-refractivity contribution in [1.82, 2.24) is 0 Å². The second-order valence-electron chi connectivity index (χ2n) is 2.55. The van der Waals surface area contributed by atoms with E-state index in [2.05, 4.69) is 50.5 Å². The number of thioether (sulfide) groups is 1. The van der Waals surface area contributed by atoms with E-state index in [1.54, 1.807) is 11.8 Å². The minimum atomic E-state index is 0.825. The van der Waals surface area contributed by atoms with Gasteiger partial charge in [-0.3, -0.25) is 0 Å².